The van der Waals surface area contributed by atoms with Crippen LogP contribution in [0.4, 0.5) is 0 Å². The molecule has 2 aromatic rings. The van der Waals surface area contributed by atoms with Crippen molar-refractivity contribution in [2.45, 2.75) is 26.2 Å². The van der Waals surface area contributed by atoms with Crippen molar-refractivity contribution in [1.29, 1.82) is 0 Å². The molecular formula is C17H22N4O2. The zero-order chi connectivity index (χ0) is 16.2. The molecule has 6 nitrogen and oxygen atoms in total. The van der Waals surface area contributed by atoms with Crippen LogP contribution in [-0.2, 0) is 4.79 Å². The van der Waals surface area contributed by atoms with Crippen LogP contribution in [0.25, 0.3) is 5.65 Å². The predicted octanol–water partition coefficient (Wildman–Crippen LogP) is 1.71. The van der Waals surface area contributed by atoms with Crippen LogP contribution in [0, 0.1) is 5.92 Å². The Morgan fingerprint density at radius 1 is 1.39 bits per heavy atom. The number of carbonyl (C=O) groups is 2. The lowest BCUT2D eigenvalue weighted by Crippen LogP contribution is -2.45. The zero-order valence-electron chi connectivity index (χ0n) is 13.4. The summed E-state index contributed by atoms with van der Waals surface area (Å²) in [5.74, 6) is -0.155. The van der Waals surface area contributed by atoms with E-state index in [2.05, 4.69) is 10.3 Å². The van der Waals surface area contributed by atoms with E-state index in [1.54, 1.807) is 11.1 Å². The number of fused-ring (bicyclic) bond motifs is 1. The Morgan fingerprint density at radius 3 is 3.04 bits per heavy atom. The van der Waals surface area contributed by atoms with Crippen LogP contribution in [0.3, 0.4) is 0 Å². The van der Waals surface area contributed by atoms with Gasteiger partial charge in [-0.25, -0.2) is 4.98 Å². The van der Waals surface area contributed by atoms with Crippen LogP contribution >= 0.6 is 0 Å². The Bertz CT molecular complexity index is 676. The van der Waals surface area contributed by atoms with Gasteiger partial charge < -0.3 is 14.6 Å². The van der Waals surface area contributed by atoms with E-state index < -0.39 is 0 Å². The van der Waals surface area contributed by atoms with Gasteiger partial charge in [-0.15, -0.1) is 0 Å². The number of likely N-dealkylation sites (tertiary alicyclic amines) is 1. The van der Waals surface area contributed by atoms with Crippen molar-refractivity contribution in [3.63, 3.8) is 0 Å². The van der Waals surface area contributed by atoms with Gasteiger partial charge in [0.05, 0.1) is 5.92 Å². The first-order valence-corrected chi connectivity index (χ1v) is 8.19. The second-order valence-electron chi connectivity index (χ2n) is 5.97. The van der Waals surface area contributed by atoms with Crippen LogP contribution in [-0.4, -0.2) is 45.7 Å². The van der Waals surface area contributed by atoms with E-state index in [4.69, 9.17) is 0 Å². The Morgan fingerprint density at radius 2 is 2.26 bits per heavy atom. The van der Waals surface area contributed by atoms with Gasteiger partial charge in [0.1, 0.15) is 11.3 Å². The Hall–Kier alpha value is -2.37. The van der Waals surface area contributed by atoms with Crippen molar-refractivity contribution in [3.05, 3.63) is 36.3 Å². The molecule has 0 aromatic carbocycles. The summed E-state index contributed by atoms with van der Waals surface area (Å²) in [7, 11) is 0. The first-order chi connectivity index (χ1) is 11.2. The molecule has 6 heteroatoms. The van der Waals surface area contributed by atoms with Crippen LogP contribution in [0.5, 0.6) is 0 Å². The highest BCUT2D eigenvalue weighted by Gasteiger charge is 2.29. The molecule has 2 aromatic heterocycles. The molecule has 122 valence electrons. The fraction of sp³-hybridized carbons (Fsp3) is 0.471. The zero-order valence-corrected chi connectivity index (χ0v) is 13.4. The number of nitrogens with zero attached hydrogens (tertiary/aromatic N) is 3. The topological polar surface area (TPSA) is 66.7 Å². The van der Waals surface area contributed by atoms with Gasteiger partial charge in [0.2, 0.25) is 5.91 Å². The second-order valence-corrected chi connectivity index (χ2v) is 5.97. The third-order valence-electron chi connectivity index (χ3n) is 4.21. The first kappa shape index (κ1) is 15.5. The van der Waals surface area contributed by atoms with E-state index in [-0.39, 0.29) is 17.7 Å². The van der Waals surface area contributed by atoms with Crippen LogP contribution in [0.1, 0.15) is 36.7 Å². The molecule has 1 fully saturated rings. The smallest absolute Gasteiger partial charge is 0.274 e. The average Bonchev–Trinajstić information content (AvgIpc) is 3.03. The van der Waals surface area contributed by atoms with Gasteiger partial charge in [-0.3, -0.25) is 9.59 Å². The minimum Gasteiger partial charge on any atom is -0.356 e. The maximum atomic E-state index is 12.7. The number of nitrogens with one attached hydrogen (secondary N) is 1. The van der Waals surface area contributed by atoms with E-state index in [1.807, 2.05) is 35.7 Å². The second kappa shape index (κ2) is 6.81. The molecular weight excluding hydrogens is 292 g/mol. The number of amides is 2. The van der Waals surface area contributed by atoms with Crippen molar-refractivity contribution < 1.29 is 9.59 Å². The Balaban J connectivity index is 1.70. The van der Waals surface area contributed by atoms with E-state index in [0.717, 1.165) is 24.9 Å². The standard InChI is InChI=1S/C17H22N4O2/c1-2-8-18-16(22)13-6-5-10-21(11-13)17(23)14-12-20-9-4-3-7-15(20)19-14/h3-4,7,9,12-13H,2,5-6,8,10-11H2,1H3,(H,18,22). The monoisotopic (exact) mass is 314 g/mol. The van der Waals surface area contributed by atoms with Crippen LogP contribution in [0.2, 0.25) is 0 Å². The van der Waals surface area contributed by atoms with Gasteiger partial charge in [-0.1, -0.05) is 13.0 Å². The molecule has 0 radical (unpaired) electrons. The van der Waals surface area contributed by atoms with E-state index >= 15 is 0 Å². The summed E-state index contributed by atoms with van der Waals surface area (Å²) in [5, 5.41) is 2.93. The number of piperidine rings is 1. The number of hydrogen-bond donors (Lipinski definition) is 1. The maximum absolute atomic E-state index is 12.7. The molecule has 1 saturated heterocycles. The molecule has 2 amide bonds. The number of pyridine rings is 1. The summed E-state index contributed by atoms with van der Waals surface area (Å²) in [5.41, 5.74) is 1.19. The minimum atomic E-state index is -0.115. The van der Waals surface area contributed by atoms with E-state index in [1.165, 1.54) is 0 Å². The Kier molecular flexibility index (Phi) is 4.60. The molecule has 1 aliphatic heterocycles. The minimum absolute atomic E-state index is 0.0550. The number of rotatable bonds is 4. The molecule has 23 heavy (non-hydrogen) atoms. The summed E-state index contributed by atoms with van der Waals surface area (Å²) in [6, 6.07) is 5.66. The molecule has 0 aliphatic carbocycles. The normalized spacial score (nSPS) is 18.1. The quantitative estimate of drug-likeness (QED) is 0.934. The summed E-state index contributed by atoms with van der Waals surface area (Å²) >= 11 is 0. The van der Waals surface area contributed by atoms with Crippen molar-refractivity contribution in [1.82, 2.24) is 19.6 Å². The molecule has 3 rings (SSSR count). The van der Waals surface area contributed by atoms with Crippen molar-refractivity contribution in [2.75, 3.05) is 19.6 Å². The fourth-order valence-electron chi connectivity index (χ4n) is 2.97. The highest BCUT2D eigenvalue weighted by atomic mass is 16.2. The molecule has 1 N–H and O–H groups in total. The van der Waals surface area contributed by atoms with Crippen molar-refractivity contribution in [3.8, 4) is 0 Å². The van der Waals surface area contributed by atoms with Crippen LogP contribution < -0.4 is 5.32 Å². The largest absolute Gasteiger partial charge is 0.356 e. The van der Waals surface area contributed by atoms with Gasteiger partial charge in [0.15, 0.2) is 0 Å². The third-order valence-corrected chi connectivity index (χ3v) is 4.21. The Labute approximate surface area is 135 Å². The van der Waals surface area contributed by atoms with Gasteiger partial charge in [0.25, 0.3) is 5.91 Å². The number of carbonyl (C=O) groups excluding carboxylic acids is 2. The highest BCUT2D eigenvalue weighted by Crippen LogP contribution is 2.19. The van der Waals surface area contributed by atoms with Crippen LogP contribution in [0.15, 0.2) is 30.6 Å². The van der Waals surface area contributed by atoms with Gasteiger partial charge >= 0.3 is 0 Å². The van der Waals surface area contributed by atoms with Crippen molar-refractivity contribution >= 4 is 17.5 Å². The van der Waals surface area contributed by atoms with E-state index in [9.17, 15) is 9.59 Å². The average molecular weight is 314 g/mol. The molecule has 1 aliphatic rings. The van der Waals surface area contributed by atoms with Gasteiger partial charge in [0, 0.05) is 32.0 Å². The molecule has 0 spiro atoms. The summed E-state index contributed by atoms with van der Waals surface area (Å²) in [6.45, 7) is 3.88. The first-order valence-electron chi connectivity index (χ1n) is 8.19. The highest BCUT2D eigenvalue weighted by molar-refractivity contribution is 5.93. The predicted molar refractivity (Wildman–Crippen MR) is 87.1 cm³/mol. The summed E-state index contributed by atoms with van der Waals surface area (Å²) in [4.78, 5) is 30.9. The lowest BCUT2D eigenvalue weighted by molar-refractivity contribution is -0.126. The fourth-order valence-corrected chi connectivity index (χ4v) is 2.97. The lowest BCUT2D eigenvalue weighted by atomic mass is 9.97. The number of hydrogen-bond acceptors (Lipinski definition) is 3. The van der Waals surface area contributed by atoms with Gasteiger partial charge in [-0.2, -0.15) is 0 Å². The maximum Gasteiger partial charge on any atom is 0.274 e. The summed E-state index contributed by atoms with van der Waals surface area (Å²) in [6.07, 6.45) is 6.23. The molecule has 0 bridgehead atoms. The van der Waals surface area contributed by atoms with Gasteiger partial charge in [-0.05, 0) is 31.4 Å². The van der Waals surface area contributed by atoms with Crippen molar-refractivity contribution in [2.24, 2.45) is 5.92 Å². The van der Waals surface area contributed by atoms with E-state index in [0.29, 0.717) is 25.3 Å². The third kappa shape index (κ3) is 3.36. The summed E-state index contributed by atoms with van der Waals surface area (Å²) < 4.78 is 1.84. The SMILES string of the molecule is CCCNC(=O)C1CCCN(C(=O)c2cn3ccccc3n2)C1. The lowest BCUT2D eigenvalue weighted by Gasteiger charge is -2.31. The number of imidazole rings is 1. The molecule has 0 saturated carbocycles. The molecule has 1 atom stereocenters. The molecule has 3 heterocycles. The molecule has 1 unspecified atom stereocenters. The number of aromatic nitrogens is 2.